The first-order valence-electron chi connectivity index (χ1n) is 8.75. The molecule has 0 unspecified atom stereocenters. The van der Waals surface area contributed by atoms with Gasteiger partial charge >= 0.3 is 6.03 Å². The zero-order chi connectivity index (χ0) is 17.6. The summed E-state index contributed by atoms with van der Waals surface area (Å²) in [6, 6.07) is 5.29. The van der Waals surface area contributed by atoms with E-state index in [0.29, 0.717) is 32.5 Å². The SMILES string of the molecule is O=C(c1ccccc1F)N1CCC(N2C(=O)[C@H]3CCCN3C2=O)CC1. The van der Waals surface area contributed by atoms with Crippen molar-refractivity contribution in [3.8, 4) is 0 Å². The molecule has 3 aliphatic heterocycles. The molecule has 0 bridgehead atoms. The average molecular weight is 345 g/mol. The maximum atomic E-state index is 13.8. The maximum Gasteiger partial charge on any atom is 0.327 e. The van der Waals surface area contributed by atoms with Crippen molar-refractivity contribution >= 4 is 17.8 Å². The molecule has 3 aliphatic rings. The Bertz CT molecular complexity index is 708. The maximum absolute atomic E-state index is 13.8. The third-order valence-electron chi connectivity index (χ3n) is 5.45. The summed E-state index contributed by atoms with van der Waals surface area (Å²) in [6.45, 7) is 1.48. The molecular formula is C18H20FN3O3. The fourth-order valence-electron chi connectivity index (χ4n) is 4.11. The highest BCUT2D eigenvalue weighted by molar-refractivity contribution is 6.05. The van der Waals surface area contributed by atoms with Gasteiger partial charge in [0.25, 0.3) is 11.8 Å². The van der Waals surface area contributed by atoms with E-state index in [-0.39, 0.29) is 35.5 Å². The van der Waals surface area contributed by atoms with Gasteiger partial charge in [-0.3, -0.25) is 14.5 Å². The standard InChI is InChI=1S/C18H20FN3O3/c19-14-5-2-1-4-13(14)16(23)20-10-7-12(8-11-20)22-17(24)15-6-3-9-21(15)18(22)25/h1-2,4-5,12,15H,3,6-11H2/t15-/m1/s1. The van der Waals surface area contributed by atoms with Crippen molar-refractivity contribution in [2.45, 2.75) is 37.8 Å². The molecule has 132 valence electrons. The second kappa shape index (κ2) is 6.13. The molecule has 3 saturated heterocycles. The van der Waals surface area contributed by atoms with Crippen molar-refractivity contribution in [2.24, 2.45) is 0 Å². The molecule has 1 aromatic carbocycles. The number of benzene rings is 1. The summed E-state index contributed by atoms with van der Waals surface area (Å²) in [4.78, 5) is 42.1. The molecular weight excluding hydrogens is 325 g/mol. The lowest BCUT2D eigenvalue weighted by atomic mass is 10.0. The number of rotatable bonds is 2. The van der Waals surface area contributed by atoms with Gasteiger partial charge in [-0.2, -0.15) is 0 Å². The number of hydrogen-bond donors (Lipinski definition) is 0. The van der Waals surface area contributed by atoms with Crippen LogP contribution in [0.1, 0.15) is 36.0 Å². The second-order valence-electron chi connectivity index (χ2n) is 6.85. The lowest BCUT2D eigenvalue weighted by Gasteiger charge is -2.35. The van der Waals surface area contributed by atoms with Gasteiger partial charge in [-0.05, 0) is 37.8 Å². The Hall–Kier alpha value is -2.44. The van der Waals surface area contributed by atoms with Gasteiger partial charge in [-0.1, -0.05) is 12.1 Å². The van der Waals surface area contributed by atoms with Gasteiger partial charge in [0.05, 0.1) is 5.56 Å². The molecule has 4 amide bonds. The van der Waals surface area contributed by atoms with Crippen LogP contribution in [-0.2, 0) is 4.79 Å². The molecule has 0 aromatic heterocycles. The van der Waals surface area contributed by atoms with E-state index in [2.05, 4.69) is 0 Å². The Balaban J connectivity index is 1.42. The van der Waals surface area contributed by atoms with E-state index in [0.717, 1.165) is 12.8 Å². The van der Waals surface area contributed by atoms with Crippen LogP contribution in [0, 0.1) is 5.82 Å². The smallest absolute Gasteiger partial charge is 0.327 e. The fraction of sp³-hybridized carbons (Fsp3) is 0.500. The van der Waals surface area contributed by atoms with Crippen LogP contribution >= 0.6 is 0 Å². The predicted molar refractivity (Wildman–Crippen MR) is 87.3 cm³/mol. The van der Waals surface area contributed by atoms with Crippen molar-refractivity contribution < 1.29 is 18.8 Å². The van der Waals surface area contributed by atoms with Crippen LogP contribution < -0.4 is 0 Å². The zero-order valence-electron chi connectivity index (χ0n) is 13.9. The average Bonchev–Trinajstić information content (AvgIpc) is 3.19. The summed E-state index contributed by atoms with van der Waals surface area (Å²) in [5, 5.41) is 0. The third kappa shape index (κ3) is 2.58. The lowest BCUT2D eigenvalue weighted by molar-refractivity contribution is -0.130. The van der Waals surface area contributed by atoms with E-state index in [9.17, 15) is 18.8 Å². The van der Waals surface area contributed by atoms with Crippen LogP contribution in [0.2, 0.25) is 0 Å². The highest BCUT2D eigenvalue weighted by Crippen LogP contribution is 2.31. The zero-order valence-corrected chi connectivity index (χ0v) is 13.9. The first-order valence-corrected chi connectivity index (χ1v) is 8.75. The van der Waals surface area contributed by atoms with Gasteiger partial charge < -0.3 is 9.80 Å². The molecule has 1 atom stereocenters. The molecule has 4 rings (SSSR count). The number of halogens is 1. The van der Waals surface area contributed by atoms with Crippen molar-refractivity contribution in [3.63, 3.8) is 0 Å². The Kier molecular flexibility index (Phi) is 3.94. The van der Waals surface area contributed by atoms with Gasteiger partial charge in [0.15, 0.2) is 0 Å². The molecule has 0 spiro atoms. The normalized spacial score (nSPS) is 24.2. The van der Waals surface area contributed by atoms with Gasteiger partial charge in [0, 0.05) is 25.7 Å². The highest BCUT2D eigenvalue weighted by atomic mass is 19.1. The molecule has 0 aliphatic carbocycles. The molecule has 1 aromatic rings. The molecule has 7 heteroatoms. The van der Waals surface area contributed by atoms with E-state index in [4.69, 9.17) is 0 Å². The molecule has 6 nitrogen and oxygen atoms in total. The summed E-state index contributed by atoms with van der Waals surface area (Å²) >= 11 is 0. The summed E-state index contributed by atoms with van der Waals surface area (Å²) in [5.74, 6) is -0.960. The fourth-order valence-corrected chi connectivity index (χ4v) is 4.11. The first kappa shape index (κ1) is 16.1. The molecule has 25 heavy (non-hydrogen) atoms. The second-order valence-corrected chi connectivity index (χ2v) is 6.85. The minimum Gasteiger partial charge on any atom is -0.338 e. The molecule has 0 N–H and O–H groups in total. The number of nitrogens with zero attached hydrogens (tertiary/aromatic N) is 3. The largest absolute Gasteiger partial charge is 0.338 e. The Morgan fingerprint density at radius 1 is 1.04 bits per heavy atom. The minimum atomic E-state index is -0.528. The van der Waals surface area contributed by atoms with Gasteiger partial charge in [-0.25, -0.2) is 9.18 Å². The van der Waals surface area contributed by atoms with E-state index in [1.165, 1.54) is 17.0 Å². The minimum absolute atomic E-state index is 0.0647. The summed E-state index contributed by atoms with van der Waals surface area (Å²) in [5.41, 5.74) is 0.0647. The molecule has 3 heterocycles. The number of likely N-dealkylation sites (tertiary alicyclic amines) is 1. The quantitative estimate of drug-likeness (QED) is 0.769. The number of piperidine rings is 1. The third-order valence-corrected chi connectivity index (χ3v) is 5.45. The highest BCUT2D eigenvalue weighted by Gasteiger charge is 2.50. The van der Waals surface area contributed by atoms with Crippen molar-refractivity contribution in [2.75, 3.05) is 19.6 Å². The summed E-state index contributed by atoms with van der Waals surface area (Å²) in [7, 11) is 0. The van der Waals surface area contributed by atoms with Crippen LogP contribution in [0.5, 0.6) is 0 Å². The summed E-state index contributed by atoms with van der Waals surface area (Å²) < 4.78 is 13.8. The van der Waals surface area contributed by atoms with Crippen molar-refractivity contribution in [1.29, 1.82) is 0 Å². The molecule has 0 radical (unpaired) electrons. The van der Waals surface area contributed by atoms with Crippen molar-refractivity contribution in [1.82, 2.24) is 14.7 Å². The van der Waals surface area contributed by atoms with E-state index >= 15 is 0 Å². The van der Waals surface area contributed by atoms with Crippen LogP contribution in [0.15, 0.2) is 24.3 Å². The Morgan fingerprint density at radius 2 is 1.76 bits per heavy atom. The number of amides is 4. The molecule has 0 saturated carbocycles. The van der Waals surface area contributed by atoms with Crippen molar-refractivity contribution in [3.05, 3.63) is 35.6 Å². The number of carbonyl (C=O) groups is 3. The van der Waals surface area contributed by atoms with Gasteiger partial charge in [0.1, 0.15) is 11.9 Å². The van der Waals surface area contributed by atoms with E-state index < -0.39 is 5.82 Å². The molecule has 3 fully saturated rings. The van der Waals surface area contributed by atoms with Gasteiger partial charge in [-0.15, -0.1) is 0 Å². The van der Waals surface area contributed by atoms with Crippen LogP contribution in [0.25, 0.3) is 0 Å². The van der Waals surface area contributed by atoms with Crippen LogP contribution in [0.3, 0.4) is 0 Å². The Morgan fingerprint density at radius 3 is 2.44 bits per heavy atom. The van der Waals surface area contributed by atoms with E-state index in [1.54, 1.807) is 21.9 Å². The monoisotopic (exact) mass is 345 g/mol. The number of fused-ring (bicyclic) bond motifs is 1. The first-order chi connectivity index (χ1) is 12.1. The Labute approximate surface area is 145 Å². The number of carbonyl (C=O) groups excluding carboxylic acids is 3. The van der Waals surface area contributed by atoms with Crippen LogP contribution in [-0.4, -0.2) is 64.3 Å². The van der Waals surface area contributed by atoms with Gasteiger partial charge in [0.2, 0.25) is 0 Å². The number of hydrogen-bond acceptors (Lipinski definition) is 3. The predicted octanol–water partition coefficient (Wildman–Crippen LogP) is 1.86. The lowest BCUT2D eigenvalue weighted by Crippen LogP contribution is -2.49. The number of urea groups is 1. The van der Waals surface area contributed by atoms with Crippen LogP contribution in [0.4, 0.5) is 9.18 Å². The van der Waals surface area contributed by atoms with E-state index in [1.807, 2.05) is 0 Å². The summed E-state index contributed by atoms with van der Waals surface area (Å²) in [6.07, 6.45) is 2.70. The topological polar surface area (TPSA) is 60.9 Å². The number of imide groups is 1.